The van der Waals surface area contributed by atoms with Crippen LogP contribution in [0.15, 0.2) is 48.5 Å². The lowest BCUT2D eigenvalue weighted by Crippen LogP contribution is -2.35. The van der Waals surface area contributed by atoms with E-state index in [0.29, 0.717) is 5.56 Å². The fourth-order valence-electron chi connectivity index (χ4n) is 2.60. The maximum atomic E-state index is 12.2. The Bertz CT molecular complexity index is 709. The van der Waals surface area contributed by atoms with Gasteiger partial charge in [0.15, 0.2) is 0 Å². The van der Waals surface area contributed by atoms with E-state index in [1.54, 1.807) is 18.2 Å². The molecule has 2 rings (SSSR count). The summed E-state index contributed by atoms with van der Waals surface area (Å²) in [6, 6.07) is 14.7. The number of aromatic carboxylic acids is 1. The molecule has 1 atom stereocenters. The smallest absolute Gasteiger partial charge is 0.335 e. The van der Waals surface area contributed by atoms with Gasteiger partial charge >= 0.3 is 5.97 Å². The highest BCUT2D eigenvalue weighted by Gasteiger charge is 2.14. The minimum absolute atomic E-state index is 0.0133. The fourth-order valence-corrected chi connectivity index (χ4v) is 2.60. The van der Waals surface area contributed by atoms with Crippen molar-refractivity contribution in [3.8, 4) is 0 Å². The van der Waals surface area contributed by atoms with Gasteiger partial charge in [-0.2, -0.15) is 0 Å². The van der Waals surface area contributed by atoms with E-state index < -0.39 is 5.97 Å². The first-order chi connectivity index (χ1) is 11.0. The summed E-state index contributed by atoms with van der Waals surface area (Å²) in [7, 11) is 0. The molecular weight excluding hydrogens is 290 g/mol. The third-order valence-corrected chi connectivity index (χ3v) is 3.79. The van der Waals surface area contributed by atoms with Gasteiger partial charge in [-0.05, 0) is 43.0 Å². The Morgan fingerprint density at radius 1 is 1.04 bits per heavy atom. The largest absolute Gasteiger partial charge is 0.478 e. The predicted molar refractivity (Wildman–Crippen MR) is 89.6 cm³/mol. The van der Waals surface area contributed by atoms with Crippen LogP contribution in [0.4, 0.5) is 0 Å². The van der Waals surface area contributed by atoms with Crippen LogP contribution < -0.4 is 5.32 Å². The Kier molecular flexibility index (Phi) is 5.52. The van der Waals surface area contributed by atoms with E-state index in [1.165, 1.54) is 17.2 Å². The topological polar surface area (TPSA) is 66.4 Å². The Hall–Kier alpha value is -2.62. The number of nitrogens with one attached hydrogen (secondary N) is 1. The molecule has 0 radical (unpaired) electrons. The summed E-state index contributed by atoms with van der Waals surface area (Å²) in [4.78, 5) is 23.3. The van der Waals surface area contributed by atoms with Gasteiger partial charge in [0, 0.05) is 6.04 Å². The number of hydrogen-bond acceptors (Lipinski definition) is 2. The lowest BCUT2D eigenvalue weighted by Gasteiger charge is -2.16. The number of rotatable bonds is 6. The number of carboxylic acid groups (broad SMARTS) is 1. The van der Waals surface area contributed by atoms with Gasteiger partial charge in [0.25, 0.3) is 0 Å². The first-order valence-corrected chi connectivity index (χ1v) is 7.62. The number of benzene rings is 2. The van der Waals surface area contributed by atoms with E-state index in [1.807, 2.05) is 32.0 Å². The van der Waals surface area contributed by atoms with Crippen LogP contribution >= 0.6 is 0 Å². The molecule has 1 unspecified atom stereocenters. The molecule has 0 saturated carbocycles. The van der Waals surface area contributed by atoms with E-state index in [0.717, 1.165) is 6.42 Å². The van der Waals surface area contributed by atoms with Crippen molar-refractivity contribution in [2.45, 2.75) is 32.7 Å². The minimum Gasteiger partial charge on any atom is -0.478 e. The Balaban J connectivity index is 1.97. The summed E-state index contributed by atoms with van der Waals surface area (Å²) in [5.41, 5.74) is 3.10. The van der Waals surface area contributed by atoms with Crippen LogP contribution in [0, 0.1) is 6.92 Å². The number of carboxylic acids is 1. The molecule has 0 saturated heterocycles. The fraction of sp³-hybridized carbons (Fsp3) is 0.263. The molecule has 0 fully saturated rings. The van der Waals surface area contributed by atoms with Gasteiger partial charge in [0.2, 0.25) is 5.91 Å². The summed E-state index contributed by atoms with van der Waals surface area (Å²) < 4.78 is 0. The van der Waals surface area contributed by atoms with E-state index in [9.17, 15) is 9.59 Å². The third kappa shape index (κ3) is 4.68. The molecule has 0 heterocycles. The van der Waals surface area contributed by atoms with Crippen LogP contribution in [0.5, 0.6) is 0 Å². The highest BCUT2D eigenvalue weighted by atomic mass is 16.4. The molecular formula is C19H21NO3. The summed E-state index contributed by atoms with van der Waals surface area (Å²) in [6.07, 6.45) is 0.819. The molecule has 0 aliphatic carbocycles. The van der Waals surface area contributed by atoms with Gasteiger partial charge in [-0.25, -0.2) is 4.79 Å². The summed E-state index contributed by atoms with van der Waals surface area (Å²) >= 11 is 0. The highest BCUT2D eigenvalue weighted by Crippen LogP contribution is 2.11. The van der Waals surface area contributed by atoms with Gasteiger partial charge in [0.05, 0.1) is 12.0 Å². The van der Waals surface area contributed by atoms with Crippen molar-refractivity contribution >= 4 is 11.9 Å². The van der Waals surface area contributed by atoms with Crippen LogP contribution in [0.3, 0.4) is 0 Å². The maximum Gasteiger partial charge on any atom is 0.335 e. The lowest BCUT2D eigenvalue weighted by molar-refractivity contribution is -0.121. The van der Waals surface area contributed by atoms with E-state index in [-0.39, 0.29) is 23.9 Å². The summed E-state index contributed by atoms with van der Waals surface area (Å²) in [5, 5.41) is 12.1. The van der Waals surface area contributed by atoms with E-state index in [4.69, 9.17) is 5.11 Å². The standard InChI is InChI=1S/C19H21NO3/c1-13-7-3-4-8-15(13)11-14(2)20-18(21)12-16-9-5-6-10-17(16)19(22)23/h3-10,14H,11-12H2,1-2H3,(H,20,21)(H,22,23). The second-order valence-electron chi connectivity index (χ2n) is 5.74. The minimum atomic E-state index is -1.01. The molecule has 0 spiro atoms. The first kappa shape index (κ1) is 16.7. The molecule has 0 aliphatic rings. The molecule has 1 amide bonds. The molecule has 4 nitrogen and oxygen atoms in total. The molecule has 0 bridgehead atoms. The number of hydrogen-bond donors (Lipinski definition) is 2. The quantitative estimate of drug-likeness (QED) is 0.862. The Morgan fingerprint density at radius 2 is 1.65 bits per heavy atom. The van der Waals surface area contributed by atoms with Crippen molar-refractivity contribution in [1.82, 2.24) is 5.32 Å². The van der Waals surface area contributed by atoms with Crippen molar-refractivity contribution in [1.29, 1.82) is 0 Å². The molecule has 4 heteroatoms. The van der Waals surface area contributed by atoms with Crippen molar-refractivity contribution in [3.05, 3.63) is 70.8 Å². The molecule has 0 aromatic heterocycles. The van der Waals surface area contributed by atoms with Crippen LogP contribution in [0.2, 0.25) is 0 Å². The van der Waals surface area contributed by atoms with Crippen molar-refractivity contribution < 1.29 is 14.7 Å². The van der Waals surface area contributed by atoms with Crippen LogP contribution in [0.1, 0.15) is 34.0 Å². The van der Waals surface area contributed by atoms with Crippen LogP contribution in [-0.4, -0.2) is 23.0 Å². The monoisotopic (exact) mass is 311 g/mol. The zero-order chi connectivity index (χ0) is 16.8. The number of carbonyl (C=O) groups excluding carboxylic acids is 1. The number of aryl methyl sites for hydroxylation is 1. The Labute approximate surface area is 136 Å². The molecule has 0 aliphatic heterocycles. The van der Waals surface area contributed by atoms with Crippen LogP contribution in [0.25, 0.3) is 0 Å². The first-order valence-electron chi connectivity index (χ1n) is 7.62. The third-order valence-electron chi connectivity index (χ3n) is 3.79. The molecule has 2 aromatic rings. The van der Waals surface area contributed by atoms with E-state index >= 15 is 0 Å². The van der Waals surface area contributed by atoms with Crippen molar-refractivity contribution in [2.24, 2.45) is 0 Å². The SMILES string of the molecule is Cc1ccccc1CC(C)NC(=O)Cc1ccccc1C(=O)O. The average molecular weight is 311 g/mol. The lowest BCUT2D eigenvalue weighted by atomic mass is 10.0. The molecule has 2 N–H and O–H groups in total. The van der Waals surface area contributed by atoms with E-state index in [2.05, 4.69) is 11.4 Å². The summed E-state index contributed by atoms with van der Waals surface area (Å²) in [5.74, 6) is -1.18. The van der Waals surface area contributed by atoms with Gasteiger partial charge in [0.1, 0.15) is 0 Å². The normalized spacial score (nSPS) is 11.7. The zero-order valence-corrected chi connectivity index (χ0v) is 13.4. The maximum absolute atomic E-state index is 12.2. The molecule has 2 aromatic carbocycles. The molecule has 120 valence electrons. The van der Waals surface area contributed by atoms with Gasteiger partial charge in [-0.15, -0.1) is 0 Å². The van der Waals surface area contributed by atoms with Crippen molar-refractivity contribution in [2.75, 3.05) is 0 Å². The summed E-state index contributed by atoms with van der Waals surface area (Å²) in [6.45, 7) is 4.00. The highest BCUT2D eigenvalue weighted by molar-refractivity contribution is 5.91. The van der Waals surface area contributed by atoms with Crippen molar-refractivity contribution in [3.63, 3.8) is 0 Å². The van der Waals surface area contributed by atoms with Gasteiger partial charge < -0.3 is 10.4 Å². The second kappa shape index (κ2) is 7.58. The number of amides is 1. The zero-order valence-electron chi connectivity index (χ0n) is 13.4. The van der Waals surface area contributed by atoms with Crippen LogP contribution in [-0.2, 0) is 17.6 Å². The average Bonchev–Trinajstić information content (AvgIpc) is 2.49. The van der Waals surface area contributed by atoms with Gasteiger partial charge in [-0.1, -0.05) is 42.5 Å². The number of carbonyl (C=O) groups is 2. The van der Waals surface area contributed by atoms with Gasteiger partial charge in [-0.3, -0.25) is 4.79 Å². The second-order valence-corrected chi connectivity index (χ2v) is 5.74. The Morgan fingerprint density at radius 3 is 2.30 bits per heavy atom. The molecule has 23 heavy (non-hydrogen) atoms. The predicted octanol–water partition coefficient (Wildman–Crippen LogP) is 2.98.